The molecule has 0 saturated carbocycles. The molecular formula is C10H12BrF2NO. The maximum absolute atomic E-state index is 13.0. The third-order valence-electron chi connectivity index (χ3n) is 1.35. The molecule has 0 fully saturated rings. The molecule has 84 valence electrons. The van der Waals surface area contributed by atoms with Crippen molar-refractivity contribution in [2.24, 2.45) is 0 Å². The summed E-state index contributed by atoms with van der Waals surface area (Å²) >= 11 is 2.99. The molecule has 5 heteroatoms. The number of halogens is 3. The highest BCUT2D eigenvalue weighted by Gasteiger charge is 2.12. The zero-order valence-corrected chi connectivity index (χ0v) is 10.3. The first kappa shape index (κ1) is 14.0. The third-order valence-corrected chi connectivity index (χ3v) is 2.01. The normalized spacial score (nSPS) is 8.93. The van der Waals surface area contributed by atoms with E-state index >= 15 is 0 Å². The molecule has 1 aromatic rings. The Morgan fingerprint density at radius 3 is 2.33 bits per heavy atom. The molecule has 0 atom stereocenters. The molecule has 0 saturated heterocycles. The van der Waals surface area contributed by atoms with Gasteiger partial charge in [0.25, 0.3) is 0 Å². The number of rotatable bonds is 1. The van der Waals surface area contributed by atoms with Crippen molar-refractivity contribution in [1.29, 1.82) is 0 Å². The molecule has 0 aliphatic rings. The predicted octanol–water partition coefficient (Wildman–Crippen LogP) is 3.71. The minimum Gasteiger partial charge on any atom is -0.323 e. The van der Waals surface area contributed by atoms with Crippen LogP contribution in [0.1, 0.15) is 20.8 Å². The third kappa shape index (κ3) is 3.95. The zero-order valence-electron chi connectivity index (χ0n) is 8.70. The van der Waals surface area contributed by atoms with Crippen LogP contribution in [0.3, 0.4) is 0 Å². The maximum atomic E-state index is 13.0. The van der Waals surface area contributed by atoms with Crippen LogP contribution in [0.15, 0.2) is 16.6 Å². The molecule has 0 radical (unpaired) electrons. The van der Waals surface area contributed by atoms with Gasteiger partial charge in [0.15, 0.2) is 11.6 Å². The summed E-state index contributed by atoms with van der Waals surface area (Å²) in [5.74, 6) is -2.51. The molecule has 0 bridgehead atoms. The van der Waals surface area contributed by atoms with Crippen LogP contribution in [0.5, 0.6) is 0 Å². The second-order valence-electron chi connectivity index (χ2n) is 2.40. The molecule has 1 rings (SSSR count). The lowest BCUT2D eigenvalue weighted by Gasteiger charge is -2.06. The van der Waals surface area contributed by atoms with Gasteiger partial charge in [0, 0.05) is 11.4 Å². The summed E-state index contributed by atoms with van der Waals surface area (Å²) in [7, 11) is 0. The van der Waals surface area contributed by atoms with E-state index in [1.165, 1.54) is 13.0 Å². The summed E-state index contributed by atoms with van der Waals surface area (Å²) in [6.07, 6.45) is 0. The zero-order chi connectivity index (χ0) is 12.0. The summed E-state index contributed by atoms with van der Waals surface area (Å²) in [4.78, 5) is 10.6. The number of nitrogens with one attached hydrogen (secondary N) is 1. The molecule has 0 aliphatic carbocycles. The van der Waals surface area contributed by atoms with E-state index in [-0.39, 0.29) is 5.69 Å². The Hall–Kier alpha value is -0.970. The lowest BCUT2D eigenvalue weighted by Crippen LogP contribution is -2.09. The average Bonchev–Trinajstić information content (AvgIpc) is 2.21. The fourth-order valence-corrected chi connectivity index (χ4v) is 1.22. The molecule has 0 unspecified atom stereocenters. The number of anilines is 1. The minimum atomic E-state index is -1.07. The van der Waals surface area contributed by atoms with Crippen LogP contribution in [0, 0.1) is 11.6 Å². The van der Waals surface area contributed by atoms with Crippen molar-refractivity contribution in [3.63, 3.8) is 0 Å². The fourth-order valence-electron chi connectivity index (χ4n) is 0.818. The molecule has 15 heavy (non-hydrogen) atoms. The summed E-state index contributed by atoms with van der Waals surface area (Å²) < 4.78 is 26.0. The van der Waals surface area contributed by atoms with Crippen molar-refractivity contribution >= 4 is 27.5 Å². The average molecular weight is 280 g/mol. The standard InChI is InChI=1S/C8H6BrF2NO.C2H6/c1-4(13)12-8-5(9)2-3-6(10)7(8)11;1-2/h2-3H,1H3,(H,12,13);1-2H3. The number of hydrogen-bond donors (Lipinski definition) is 1. The smallest absolute Gasteiger partial charge is 0.221 e. The Kier molecular flexibility index (Phi) is 6.08. The minimum absolute atomic E-state index is 0.174. The number of hydrogen-bond acceptors (Lipinski definition) is 1. The first-order valence-electron chi connectivity index (χ1n) is 4.43. The first-order chi connectivity index (χ1) is 7.02. The van der Waals surface area contributed by atoms with E-state index < -0.39 is 17.5 Å². The van der Waals surface area contributed by atoms with E-state index in [0.29, 0.717) is 4.47 Å². The fraction of sp³-hybridized carbons (Fsp3) is 0.300. The van der Waals surface area contributed by atoms with Gasteiger partial charge in [-0.05, 0) is 28.1 Å². The van der Waals surface area contributed by atoms with Crippen LogP contribution in [0.2, 0.25) is 0 Å². The molecule has 1 N–H and O–H groups in total. The van der Waals surface area contributed by atoms with E-state index in [0.717, 1.165) is 6.07 Å². The number of carbonyl (C=O) groups excluding carboxylic acids is 1. The SMILES string of the molecule is CC.CC(=O)Nc1c(Br)ccc(F)c1F. The predicted molar refractivity (Wildman–Crippen MR) is 59.7 cm³/mol. The van der Waals surface area contributed by atoms with Crippen LogP contribution in [-0.4, -0.2) is 5.91 Å². The molecule has 0 aromatic heterocycles. The lowest BCUT2D eigenvalue weighted by molar-refractivity contribution is -0.114. The van der Waals surface area contributed by atoms with E-state index in [9.17, 15) is 13.6 Å². The summed E-state index contributed by atoms with van der Waals surface area (Å²) in [5.41, 5.74) is -0.174. The molecule has 1 aromatic carbocycles. The van der Waals surface area contributed by atoms with Crippen LogP contribution in [-0.2, 0) is 4.79 Å². The lowest BCUT2D eigenvalue weighted by atomic mass is 10.3. The van der Waals surface area contributed by atoms with Crippen molar-refractivity contribution in [1.82, 2.24) is 0 Å². The van der Waals surface area contributed by atoms with Gasteiger partial charge in [0.1, 0.15) is 0 Å². The topological polar surface area (TPSA) is 29.1 Å². The Labute approximate surface area is 95.8 Å². The highest BCUT2D eigenvalue weighted by atomic mass is 79.9. The van der Waals surface area contributed by atoms with Crippen molar-refractivity contribution in [2.45, 2.75) is 20.8 Å². The van der Waals surface area contributed by atoms with Gasteiger partial charge in [-0.15, -0.1) is 0 Å². The van der Waals surface area contributed by atoms with Crippen LogP contribution < -0.4 is 5.32 Å². The Bertz CT molecular complexity index is 356. The second-order valence-corrected chi connectivity index (χ2v) is 3.25. The monoisotopic (exact) mass is 279 g/mol. The van der Waals surface area contributed by atoms with Crippen molar-refractivity contribution in [3.05, 3.63) is 28.2 Å². The van der Waals surface area contributed by atoms with Gasteiger partial charge in [-0.3, -0.25) is 4.79 Å². The van der Waals surface area contributed by atoms with Gasteiger partial charge in [-0.2, -0.15) is 0 Å². The van der Waals surface area contributed by atoms with Crippen molar-refractivity contribution < 1.29 is 13.6 Å². The van der Waals surface area contributed by atoms with Crippen LogP contribution >= 0.6 is 15.9 Å². The van der Waals surface area contributed by atoms with E-state index in [2.05, 4.69) is 21.2 Å². The molecule has 0 aliphatic heterocycles. The number of carbonyl (C=O) groups is 1. The van der Waals surface area contributed by atoms with E-state index in [4.69, 9.17) is 0 Å². The highest BCUT2D eigenvalue weighted by molar-refractivity contribution is 9.10. The molecule has 1 amide bonds. The Balaban J connectivity index is 0.000000921. The van der Waals surface area contributed by atoms with Gasteiger partial charge < -0.3 is 5.32 Å². The largest absolute Gasteiger partial charge is 0.323 e. The first-order valence-corrected chi connectivity index (χ1v) is 5.22. The van der Waals surface area contributed by atoms with Gasteiger partial charge in [0.05, 0.1) is 5.69 Å². The van der Waals surface area contributed by atoms with Gasteiger partial charge >= 0.3 is 0 Å². The van der Waals surface area contributed by atoms with Crippen molar-refractivity contribution in [3.8, 4) is 0 Å². The number of amides is 1. The summed E-state index contributed by atoms with van der Waals surface area (Å²) in [6, 6.07) is 2.30. The number of benzene rings is 1. The highest BCUT2D eigenvalue weighted by Crippen LogP contribution is 2.27. The molecule has 0 heterocycles. The Morgan fingerprint density at radius 1 is 1.33 bits per heavy atom. The second kappa shape index (κ2) is 6.50. The van der Waals surface area contributed by atoms with Crippen molar-refractivity contribution in [2.75, 3.05) is 5.32 Å². The quantitative estimate of drug-likeness (QED) is 0.780. The van der Waals surface area contributed by atoms with E-state index in [1.807, 2.05) is 13.8 Å². The Morgan fingerprint density at radius 2 is 1.87 bits per heavy atom. The van der Waals surface area contributed by atoms with Gasteiger partial charge in [-0.25, -0.2) is 8.78 Å². The molecule has 0 spiro atoms. The van der Waals surface area contributed by atoms with Crippen LogP contribution in [0.25, 0.3) is 0 Å². The van der Waals surface area contributed by atoms with Gasteiger partial charge in [0.2, 0.25) is 5.91 Å². The summed E-state index contributed by atoms with van der Waals surface area (Å²) in [5, 5.41) is 2.18. The van der Waals surface area contributed by atoms with E-state index in [1.54, 1.807) is 0 Å². The maximum Gasteiger partial charge on any atom is 0.221 e. The van der Waals surface area contributed by atoms with Crippen LogP contribution in [0.4, 0.5) is 14.5 Å². The van der Waals surface area contributed by atoms with Gasteiger partial charge in [-0.1, -0.05) is 13.8 Å². The molecule has 2 nitrogen and oxygen atoms in total. The molecular weight excluding hydrogens is 268 g/mol. The summed E-state index contributed by atoms with van der Waals surface area (Å²) in [6.45, 7) is 5.22.